The van der Waals surface area contributed by atoms with E-state index in [1.165, 1.54) is 16.7 Å². The van der Waals surface area contributed by atoms with Crippen LogP contribution in [0.3, 0.4) is 0 Å². The molecule has 1 saturated heterocycles. The fraction of sp³-hybridized carbons (Fsp3) is 0.636. The second-order valence-corrected chi connectivity index (χ2v) is 4.46. The fourth-order valence-electron chi connectivity index (χ4n) is 2.27. The molecule has 1 unspecified atom stereocenters. The summed E-state index contributed by atoms with van der Waals surface area (Å²) in [5.74, 6) is -0.272. The first-order valence-electron chi connectivity index (χ1n) is 6.05. The monoisotopic (exact) mass is 267 g/mol. The first kappa shape index (κ1) is 13.3. The quantitative estimate of drug-likeness (QED) is 0.741. The number of aromatic nitrogens is 3. The van der Waals surface area contributed by atoms with Crippen molar-refractivity contribution in [3.8, 4) is 6.01 Å². The van der Waals surface area contributed by atoms with Gasteiger partial charge in [0.15, 0.2) is 5.82 Å². The molecule has 19 heavy (non-hydrogen) atoms. The number of rotatable bonds is 4. The number of hydrogen-bond acceptors (Lipinski definition) is 5. The lowest BCUT2D eigenvalue weighted by atomic mass is 10.2. The Morgan fingerprint density at radius 1 is 1.53 bits per heavy atom. The van der Waals surface area contributed by atoms with Crippen molar-refractivity contribution >= 4 is 11.8 Å². The van der Waals surface area contributed by atoms with E-state index in [2.05, 4.69) is 10.1 Å². The van der Waals surface area contributed by atoms with Crippen LogP contribution in [-0.2, 0) is 23.1 Å². The Hall–Kier alpha value is -2.12. The number of nitrogens with two attached hydrogens (primary N) is 1. The predicted molar refractivity (Wildman–Crippen MR) is 65.2 cm³/mol. The summed E-state index contributed by atoms with van der Waals surface area (Å²) in [6.07, 6.45) is 1.46. The molecular formula is C11H17N5O3. The van der Waals surface area contributed by atoms with E-state index >= 15 is 0 Å². The largest absolute Gasteiger partial charge is 0.467 e. The lowest BCUT2D eigenvalue weighted by Gasteiger charge is -2.21. The van der Waals surface area contributed by atoms with Crippen molar-refractivity contribution < 1.29 is 14.3 Å². The Morgan fingerprint density at radius 3 is 2.84 bits per heavy atom. The lowest BCUT2D eigenvalue weighted by Crippen LogP contribution is -2.44. The zero-order chi connectivity index (χ0) is 14.0. The lowest BCUT2D eigenvalue weighted by molar-refractivity contribution is -0.136. The molecule has 1 atom stereocenters. The zero-order valence-electron chi connectivity index (χ0n) is 11.0. The Morgan fingerprint density at radius 2 is 2.26 bits per heavy atom. The van der Waals surface area contributed by atoms with Gasteiger partial charge in [-0.2, -0.15) is 10.1 Å². The minimum Gasteiger partial charge on any atom is -0.467 e. The van der Waals surface area contributed by atoms with Gasteiger partial charge in [-0.15, -0.1) is 0 Å². The number of methoxy groups -OCH3 is 1. The molecule has 0 saturated carbocycles. The van der Waals surface area contributed by atoms with Gasteiger partial charge >= 0.3 is 6.01 Å². The average Bonchev–Trinajstić information content (AvgIpc) is 2.95. The maximum absolute atomic E-state index is 12.1. The molecule has 0 aromatic carbocycles. The van der Waals surface area contributed by atoms with Gasteiger partial charge in [0.1, 0.15) is 6.04 Å². The fourth-order valence-corrected chi connectivity index (χ4v) is 2.27. The molecule has 104 valence electrons. The molecule has 0 aliphatic carbocycles. The van der Waals surface area contributed by atoms with Gasteiger partial charge in [0.25, 0.3) is 0 Å². The summed E-state index contributed by atoms with van der Waals surface area (Å²) in [4.78, 5) is 29.0. The van der Waals surface area contributed by atoms with E-state index in [0.717, 1.165) is 6.42 Å². The number of ether oxygens (including phenoxy) is 1. The number of amides is 2. The Balaban J connectivity index is 2.06. The molecule has 1 aromatic rings. The van der Waals surface area contributed by atoms with E-state index in [4.69, 9.17) is 10.5 Å². The van der Waals surface area contributed by atoms with Gasteiger partial charge in [0.2, 0.25) is 11.8 Å². The normalized spacial score (nSPS) is 18.6. The summed E-state index contributed by atoms with van der Waals surface area (Å²) in [6.45, 7) is 0.552. The summed E-state index contributed by atoms with van der Waals surface area (Å²) >= 11 is 0. The van der Waals surface area contributed by atoms with Gasteiger partial charge in [-0.1, -0.05) is 0 Å². The second kappa shape index (κ2) is 5.25. The third-order valence-electron chi connectivity index (χ3n) is 3.16. The molecule has 0 radical (unpaired) electrons. The number of likely N-dealkylation sites (tertiary alicyclic amines) is 1. The second-order valence-electron chi connectivity index (χ2n) is 4.46. The maximum Gasteiger partial charge on any atom is 0.314 e. The zero-order valence-corrected chi connectivity index (χ0v) is 11.0. The summed E-state index contributed by atoms with van der Waals surface area (Å²) in [5, 5.41) is 4.08. The SMILES string of the molecule is COc1nc(CC(=O)N2CCCC2C(N)=O)nn1C. The smallest absolute Gasteiger partial charge is 0.314 e. The molecule has 0 spiro atoms. The Labute approximate surface area is 110 Å². The van der Waals surface area contributed by atoms with Gasteiger partial charge in [-0.05, 0) is 12.8 Å². The summed E-state index contributed by atoms with van der Waals surface area (Å²) < 4.78 is 6.44. The molecular weight excluding hydrogens is 250 g/mol. The van der Waals surface area contributed by atoms with Crippen molar-refractivity contribution in [3.63, 3.8) is 0 Å². The first-order chi connectivity index (χ1) is 9.02. The molecule has 2 N–H and O–H groups in total. The molecule has 1 aliphatic heterocycles. The summed E-state index contributed by atoms with van der Waals surface area (Å²) in [7, 11) is 3.17. The number of hydrogen-bond donors (Lipinski definition) is 1. The van der Waals surface area contributed by atoms with Crippen molar-refractivity contribution in [2.24, 2.45) is 12.8 Å². The molecule has 1 aromatic heterocycles. The number of carbonyl (C=O) groups excluding carboxylic acids is 2. The van der Waals surface area contributed by atoms with Crippen LogP contribution in [0.5, 0.6) is 6.01 Å². The highest BCUT2D eigenvalue weighted by atomic mass is 16.5. The van der Waals surface area contributed by atoms with E-state index in [1.807, 2.05) is 0 Å². The average molecular weight is 267 g/mol. The predicted octanol–water partition coefficient (Wildman–Crippen LogP) is -1.16. The third-order valence-corrected chi connectivity index (χ3v) is 3.16. The van der Waals surface area contributed by atoms with Crippen LogP contribution >= 0.6 is 0 Å². The number of primary amides is 1. The molecule has 8 heteroatoms. The van der Waals surface area contributed by atoms with Gasteiger partial charge < -0.3 is 15.4 Å². The minimum absolute atomic E-state index is 0.0426. The van der Waals surface area contributed by atoms with E-state index in [1.54, 1.807) is 7.05 Å². The van der Waals surface area contributed by atoms with Crippen LogP contribution in [0.25, 0.3) is 0 Å². The molecule has 0 bridgehead atoms. The highest BCUT2D eigenvalue weighted by Gasteiger charge is 2.33. The number of carbonyl (C=O) groups is 2. The maximum atomic E-state index is 12.1. The third kappa shape index (κ3) is 2.67. The van der Waals surface area contributed by atoms with Crippen molar-refractivity contribution in [3.05, 3.63) is 5.82 Å². The van der Waals surface area contributed by atoms with Crippen molar-refractivity contribution in [1.29, 1.82) is 0 Å². The molecule has 2 rings (SSSR count). The van der Waals surface area contributed by atoms with Crippen LogP contribution in [0.2, 0.25) is 0 Å². The topological polar surface area (TPSA) is 103 Å². The Kier molecular flexibility index (Phi) is 3.68. The van der Waals surface area contributed by atoms with E-state index < -0.39 is 11.9 Å². The summed E-state index contributed by atoms with van der Waals surface area (Å²) in [6, 6.07) is -0.159. The van der Waals surface area contributed by atoms with Gasteiger partial charge in [0.05, 0.1) is 13.5 Å². The van der Waals surface area contributed by atoms with E-state index in [0.29, 0.717) is 24.8 Å². The van der Waals surface area contributed by atoms with Crippen molar-refractivity contribution in [1.82, 2.24) is 19.7 Å². The van der Waals surface area contributed by atoms with Crippen molar-refractivity contribution in [2.45, 2.75) is 25.3 Å². The summed E-state index contributed by atoms with van der Waals surface area (Å²) in [5.41, 5.74) is 5.28. The van der Waals surface area contributed by atoms with Crippen LogP contribution in [-0.4, -0.2) is 51.2 Å². The van der Waals surface area contributed by atoms with Crippen molar-refractivity contribution in [2.75, 3.05) is 13.7 Å². The number of aryl methyl sites for hydroxylation is 1. The number of nitrogens with zero attached hydrogens (tertiary/aromatic N) is 4. The van der Waals surface area contributed by atoms with E-state index in [-0.39, 0.29) is 12.3 Å². The molecule has 2 heterocycles. The first-order valence-corrected chi connectivity index (χ1v) is 6.05. The highest BCUT2D eigenvalue weighted by Crippen LogP contribution is 2.18. The molecule has 8 nitrogen and oxygen atoms in total. The molecule has 2 amide bonds. The van der Waals surface area contributed by atoms with Crippen LogP contribution in [0.15, 0.2) is 0 Å². The standard InChI is InChI=1S/C11H17N5O3/c1-15-11(19-2)13-8(14-15)6-9(17)16-5-3-4-7(16)10(12)18/h7H,3-6H2,1-2H3,(H2,12,18). The van der Waals surface area contributed by atoms with Crippen LogP contribution in [0.1, 0.15) is 18.7 Å². The van der Waals surface area contributed by atoms with Crippen LogP contribution < -0.4 is 10.5 Å². The Bertz CT molecular complexity index is 499. The minimum atomic E-state index is -0.502. The highest BCUT2D eigenvalue weighted by molar-refractivity contribution is 5.87. The molecule has 1 aliphatic rings. The van der Waals surface area contributed by atoms with E-state index in [9.17, 15) is 9.59 Å². The van der Waals surface area contributed by atoms with Crippen LogP contribution in [0.4, 0.5) is 0 Å². The van der Waals surface area contributed by atoms with Gasteiger partial charge in [-0.25, -0.2) is 4.68 Å². The van der Waals surface area contributed by atoms with Crippen LogP contribution in [0, 0.1) is 0 Å². The molecule has 1 fully saturated rings. The van der Waals surface area contributed by atoms with Gasteiger partial charge in [-0.3, -0.25) is 9.59 Å². The van der Waals surface area contributed by atoms with Gasteiger partial charge in [0, 0.05) is 13.6 Å².